The average molecular weight is 290 g/mol. The van der Waals surface area contributed by atoms with E-state index in [9.17, 15) is 4.39 Å². The summed E-state index contributed by atoms with van der Waals surface area (Å²) in [4.78, 5) is 0. The van der Waals surface area contributed by atoms with Gasteiger partial charge >= 0.3 is 7.12 Å². The summed E-state index contributed by atoms with van der Waals surface area (Å²) < 4.78 is 26.3. The molecule has 114 valence electrons. The topological polar surface area (TPSA) is 18.5 Å². The van der Waals surface area contributed by atoms with Gasteiger partial charge in [-0.2, -0.15) is 0 Å². The SMILES string of the molecule is CC(=C(F)B1OC(C)(C)C(C)(C)O1)c1ccc(C)cc1C. The van der Waals surface area contributed by atoms with Crippen molar-refractivity contribution in [1.29, 1.82) is 0 Å². The second-order valence-electron chi connectivity index (χ2n) is 6.88. The summed E-state index contributed by atoms with van der Waals surface area (Å²) in [6.45, 7) is 13.5. The summed E-state index contributed by atoms with van der Waals surface area (Å²) in [5.41, 5.74) is 2.29. The lowest BCUT2D eigenvalue weighted by Gasteiger charge is -2.32. The first-order valence-electron chi connectivity index (χ1n) is 7.35. The monoisotopic (exact) mass is 290 g/mol. The Hall–Kier alpha value is -1.13. The lowest BCUT2D eigenvalue weighted by atomic mass is 9.82. The van der Waals surface area contributed by atoms with Crippen LogP contribution in [0.1, 0.15) is 51.3 Å². The number of aryl methyl sites for hydroxylation is 2. The highest BCUT2D eigenvalue weighted by atomic mass is 19.1. The van der Waals surface area contributed by atoms with Gasteiger partial charge in [-0.1, -0.05) is 23.8 Å². The van der Waals surface area contributed by atoms with Gasteiger partial charge in [0.25, 0.3) is 0 Å². The molecular weight excluding hydrogens is 266 g/mol. The summed E-state index contributed by atoms with van der Waals surface area (Å²) in [6.07, 6.45) is 0. The Morgan fingerprint density at radius 3 is 2.05 bits per heavy atom. The molecule has 2 nitrogen and oxygen atoms in total. The highest BCUT2D eigenvalue weighted by Crippen LogP contribution is 2.40. The molecule has 0 radical (unpaired) electrons. The maximum Gasteiger partial charge on any atom is 0.525 e. The van der Waals surface area contributed by atoms with Gasteiger partial charge in [0.1, 0.15) is 5.73 Å². The molecule has 1 aliphatic heterocycles. The van der Waals surface area contributed by atoms with Gasteiger partial charge in [0.15, 0.2) is 0 Å². The van der Waals surface area contributed by atoms with Crippen LogP contribution >= 0.6 is 0 Å². The van der Waals surface area contributed by atoms with Crippen molar-refractivity contribution in [3.05, 3.63) is 40.6 Å². The van der Waals surface area contributed by atoms with Crippen molar-refractivity contribution in [2.75, 3.05) is 0 Å². The summed E-state index contributed by atoms with van der Waals surface area (Å²) in [6, 6.07) is 5.99. The third kappa shape index (κ3) is 2.92. The Bertz CT molecular complexity index is 574. The molecule has 0 atom stereocenters. The quantitative estimate of drug-likeness (QED) is 0.739. The molecule has 0 aliphatic carbocycles. The summed E-state index contributed by atoms with van der Waals surface area (Å²) in [5.74, 6) is 0. The highest BCUT2D eigenvalue weighted by molar-refractivity contribution is 6.55. The number of hydrogen-bond acceptors (Lipinski definition) is 2. The van der Waals surface area contributed by atoms with Crippen LogP contribution in [-0.4, -0.2) is 18.3 Å². The van der Waals surface area contributed by atoms with Crippen molar-refractivity contribution < 1.29 is 13.7 Å². The van der Waals surface area contributed by atoms with Crippen molar-refractivity contribution in [1.82, 2.24) is 0 Å². The lowest BCUT2D eigenvalue weighted by Crippen LogP contribution is -2.41. The fraction of sp³-hybridized carbons (Fsp3) is 0.529. The van der Waals surface area contributed by atoms with E-state index in [-0.39, 0.29) is 5.73 Å². The van der Waals surface area contributed by atoms with Crippen LogP contribution in [0.15, 0.2) is 23.9 Å². The molecule has 0 unspecified atom stereocenters. The lowest BCUT2D eigenvalue weighted by molar-refractivity contribution is 0.00578. The van der Waals surface area contributed by atoms with E-state index in [0.717, 1.165) is 11.1 Å². The minimum Gasteiger partial charge on any atom is -0.398 e. The summed E-state index contributed by atoms with van der Waals surface area (Å²) in [5, 5.41) is 0. The van der Waals surface area contributed by atoms with Crippen molar-refractivity contribution in [2.24, 2.45) is 0 Å². The highest BCUT2D eigenvalue weighted by Gasteiger charge is 2.53. The Morgan fingerprint density at radius 1 is 1.05 bits per heavy atom. The zero-order chi connectivity index (χ0) is 16.0. The molecule has 0 spiro atoms. The van der Waals surface area contributed by atoms with E-state index >= 15 is 0 Å². The molecule has 0 saturated carbocycles. The molecule has 1 aromatic carbocycles. The first-order valence-corrected chi connectivity index (χ1v) is 7.35. The zero-order valence-corrected chi connectivity index (χ0v) is 14.0. The van der Waals surface area contributed by atoms with E-state index in [0.29, 0.717) is 5.57 Å². The summed E-state index contributed by atoms with van der Waals surface area (Å²) in [7, 11) is -0.935. The molecule has 0 bridgehead atoms. The molecule has 0 N–H and O–H groups in total. The van der Waals surface area contributed by atoms with Gasteiger partial charge in [0.05, 0.1) is 11.2 Å². The van der Waals surface area contributed by atoms with Gasteiger partial charge in [0, 0.05) is 0 Å². The molecule has 1 heterocycles. The summed E-state index contributed by atoms with van der Waals surface area (Å²) >= 11 is 0. The maximum atomic E-state index is 14.8. The fourth-order valence-corrected chi connectivity index (χ4v) is 2.49. The third-order valence-corrected chi connectivity index (χ3v) is 4.60. The maximum absolute atomic E-state index is 14.8. The molecule has 0 aromatic heterocycles. The van der Waals surface area contributed by atoms with Crippen LogP contribution in [0.5, 0.6) is 0 Å². The van der Waals surface area contributed by atoms with E-state index < -0.39 is 18.3 Å². The van der Waals surface area contributed by atoms with Crippen LogP contribution < -0.4 is 0 Å². The Morgan fingerprint density at radius 2 is 1.57 bits per heavy atom. The van der Waals surface area contributed by atoms with Crippen LogP contribution in [-0.2, 0) is 9.31 Å². The van der Waals surface area contributed by atoms with Gasteiger partial charge in [0.2, 0.25) is 0 Å². The van der Waals surface area contributed by atoms with Crippen LogP contribution in [0.2, 0.25) is 0 Å². The normalized spacial score (nSPS) is 21.4. The van der Waals surface area contributed by atoms with Crippen LogP contribution in [0.25, 0.3) is 5.57 Å². The largest absolute Gasteiger partial charge is 0.525 e. The Labute approximate surface area is 127 Å². The smallest absolute Gasteiger partial charge is 0.398 e. The van der Waals surface area contributed by atoms with Crippen LogP contribution in [0.3, 0.4) is 0 Å². The van der Waals surface area contributed by atoms with Gasteiger partial charge in [-0.15, -0.1) is 0 Å². The molecule has 1 fully saturated rings. The molecule has 1 aromatic rings. The second kappa shape index (κ2) is 5.26. The number of rotatable bonds is 2. The number of benzene rings is 1. The van der Waals surface area contributed by atoms with Crippen LogP contribution in [0, 0.1) is 13.8 Å². The Balaban J connectivity index is 2.36. The first kappa shape index (κ1) is 16.2. The molecule has 1 saturated heterocycles. The van der Waals surface area contributed by atoms with E-state index in [1.54, 1.807) is 6.92 Å². The molecular formula is C17H24BFO2. The predicted molar refractivity (Wildman–Crippen MR) is 85.7 cm³/mol. The first-order chi connectivity index (χ1) is 9.55. The van der Waals surface area contributed by atoms with Crippen LogP contribution in [0.4, 0.5) is 4.39 Å². The third-order valence-electron chi connectivity index (χ3n) is 4.60. The van der Waals surface area contributed by atoms with Crippen molar-refractivity contribution in [2.45, 2.75) is 59.7 Å². The second-order valence-corrected chi connectivity index (χ2v) is 6.88. The van der Waals surface area contributed by atoms with Gasteiger partial charge in [-0.25, -0.2) is 4.39 Å². The van der Waals surface area contributed by atoms with E-state index in [1.165, 1.54) is 5.56 Å². The molecule has 0 amide bonds. The van der Waals surface area contributed by atoms with Gasteiger partial charge in [-0.3, -0.25) is 0 Å². The zero-order valence-electron chi connectivity index (χ0n) is 14.0. The predicted octanol–water partition coefficient (Wildman–Crippen LogP) is 4.64. The number of hydrogen-bond donors (Lipinski definition) is 0. The molecule has 21 heavy (non-hydrogen) atoms. The molecule has 1 aliphatic rings. The van der Waals surface area contributed by atoms with Crippen molar-refractivity contribution in [3.8, 4) is 0 Å². The minimum atomic E-state index is -0.935. The van der Waals surface area contributed by atoms with Gasteiger partial charge < -0.3 is 9.31 Å². The number of halogens is 1. The standard InChI is InChI=1S/C17H24BFO2/c1-11-8-9-14(12(2)10-11)13(3)15(19)18-20-16(4,5)17(6,7)21-18/h8-10H,1-7H3. The number of allylic oxidation sites excluding steroid dienone is 1. The van der Waals surface area contributed by atoms with Crippen molar-refractivity contribution in [3.63, 3.8) is 0 Å². The molecule has 4 heteroatoms. The van der Waals surface area contributed by atoms with Gasteiger partial charge in [-0.05, 0) is 65.2 Å². The van der Waals surface area contributed by atoms with E-state index in [1.807, 2.05) is 53.7 Å². The van der Waals surface area contributed by atoms with Crippen molar-refractivity contribution >= 4 is 12.7 Å². The van der Waals surface area contributed by atoms with E-state index in [4.69, 9.17) is 9.31 Å². The van der Waals surface area contributed by atoms with E-state index in [2.05, 4.69) is 6.07 Å². The molecule has 2 rings (SSSR count). The fourth-order valence-electron chi connectivity index (χ4n) is 2.49. The Kier molecular flexibility index (Phi) is 4.07. The average Bonchev–Trinajstić information content (AvgIpc) is 2.57. The minimum absolute atomic E-state index is 0.347.